The van der Waals surface area contributed by atoms with Gasteiger partial charge >= 0.3 is 0 Å². The van der Waals surface area contributed by atoms with Gasteiger partial charge in [-0.25, -0.2) is 0 Å². The fraction of sp³-hybridized carbons (Fsp3) is 0.316. The molecule has 0 spiro atoms. The minimum atomic E-state index is -0.0607. The fourth-order valence-electron chi connectivity index (χ4n) is 3.09. The molecule has 1 fully saturated rings. The van der Waals surface area contributed by atoms with Gasteiger partial charge in [-0.15, -0.1) is 0 Å². The maximum Gasteiger partial charge on any atom is 0.242 e. The Labute approximate surface area is 152 Å². The van der Waals surface area contributed by atoms with Crippen molar-refractivity contribution in [3.8, 4) is 5.75 Å². The summed E-state index contributed by atoms with van der Waals surface area (Å²) in [5.41, 5.74) is 1.78. The van der Waals surface area contributed by atoms with Crippen molar-refractivity contribution in [3.05, 3.63) is 59.1 Å². The van der Waals surface area contributed by atoms with Crippen LogP contribution in [0.1, 0.15) is 11.6 Å². The monoisotopic (exact) mass is 359 g/mol. The van der Waals surface area contributed by atoms with Gasteiger partial charge in [0.15, 0.2) is 0 Å². The van der Waals surface area contributed by atoms with Crippen LogP contribution in [0.5, 0.6) is 5.75 Å². The summed E-state index contributed by atoms with van der Waals surface area (Å²) in [5.74, 6) is 0.760. The molecule has 1 aliphatic rings. The summed E-state index contributed by atoms with van der Waals surface area (Å²) in [6, 6.07) is 15.2. The van der Waals surface area contributed by atoms with E-state index in [0.29, 0.717) is 18.1 Å². The Kier molecular flexibility index (Phi) is 5.79. The zero-order valence-electron chi connectivity index (χ0n) is 14.2. The molecule has 1 unspecified atom stereocenters. The van der Waals surface area contributed by atoms with E-state index in [1.165, 1.54) is 0 Å². The molecule has 0 radical (unpaired) electrons. The van der Waals surface area contributed by atoms with Gasteiger partial charge in [0.2, 0.25) is 5.91 Å². The number of ether oxygens (including phenoxy) is 1. The van der Waals surface area contributed by atoms with Gasteiger partial charge in [-0.05, 0) is 23.8 Å². The first-order chi connectivity index (χ1) is 12.2. The SMILES string of the molecule is COc1ccccc1NCC(=O)N1CCNCC1c1ccccc1Cl. The highest BCUT2D eigenvalue weighted by Gasteiger charge is 2.28. The molecular formula is C19H22ClN3O2. The van der Waals surface area contributed by atoms with Crippen LogP contribution in [0.3, 0.4) is 0 Å². The first-order valence-electron chi connectivity index (χ1n) is 8.32. The molecule has 0 aliphatic carbocycles. The summed E-state index contributed by atoms with van der Waals surface area (Å²) in [6.45, 7) is 2.34. The van der Waals surface area contributed by atoms with Crippen LogP contribution in [-0.2, 0) is 4.79 Å². The van der Waals surface area contributed by atoms with Gasteiger partial charge in [0.1, 0.15) is 5.75 Å². The molecule has 2 aromatic carbocycles. The van der Waals surface area contributed by atoms with E-state index >= 15 is 0 Å². The van der Waals surface area contributed by atoms with Crippen LogP contribution < -0.4 is 15.4 Å². The second-order valence-electron chi connectivity index (χ2n) is 5.88. The molecule has 2 N–H and O–H groups in total. The average molecular weight is 360 g/mol. The quantitative estimate of drug-likeness (QED) is 0.861. The number of benzene rings is 2. The number of hydrogen-bond donors (Lipinski definition) is 2. The molecule has 6 heteroatoms. The number of piperazine rings is 1. The predicted molar refractivity (Wildman–Crippen MR) is 100 cm³/mol. The third-order valence-corrected chi connectivity index (χ3v) is 4.71. The van der Waals surface area contributed by atoms with Crippen molar-refractivity contribution in [1.82, 2.24) is 10.2 Å². The van der Waals surface area contributed by atoms with Gasteiger partial charge in [0.25, 0.3) is 0 Å². The van der Waals surface area contributed by atoms with Crippen molar-refractivity contribution in [3.63, 3.8) is 0 Å². The lowest BCUT2D eigenvalue weighted by Crippen LogP contribution is -2.50. The summed E-state index contributed by atoms with van der Waals surface area (Å²) >= 11 is 6.34. The average Bonchev–Trinajstić information content (AvgIpc) is 2.66. The van der Waals surface area contributed by atoms with E-state index in [0.717, 1.165) is 23.5 Å². The van der Waals surface area contributed by atoms with E-state index in [9.17, 15) is 4.79 Å². The molecule has 25 heavy (non-hydrogen) atoms. The number of nitrogens with zero attached hydrogens (tertiary/aromatic N) is 1. The lowest BCUT2D eigenvalue weighted by molar-refractivity contribution is -0.132. The molecule has 1 amide bonds. The fourth-order valence-corrected chi connectivity index (χ4v) is 3.35. The highest BCUT2D eigenvalue weighted by atomic mass is 35.5. The van der Waals surface area contributed by atoms with E-state index < -0.39 is 0 Å². The van der Waals surface area contributed by atoms with Crippen LogP contribution in [0.25, 0.3) is 0 Å². The Morgan fingerprint density at radius 1 is 1.28 bits per heavy atom. The summed E-state index contributed by atoms with van der Waals surface area (Å²) in [6.07, 6.45) is 0. The second kappa shape index (κ2) is 8.23. The molecular weight excluding hydrogens is 338 g/mol. The van der Waals surface area contributed by atoms with Gasteiger partial charge in [0, 0.05) is 24.7 Å². The second-order valence-corrected chi connectivity index (χ2v) is 6.29. The van der Waals surface area contributed by atoms with Crippen molar-refractivity contribution >= 4 is 23.2 Å². The number of carbonyl (C=O) groups excluding carboxylic acids is 1. The molecule has 0 bridgehead atoms. The van der Waals surface area contributed by atoms with Crippen LogP contribution in [-0.4, -0.2) is 44.1 Å². The van der Waals surface area contributed by atoms with E-state index in [-0.39, 0.29) is 18.5 Å². The molecule has 3 rings (SSSR count). The predicted octanol–water partition coefficient (Wildman–Crippen LogP) is 2.93. The van der Waals surface area contributed by atoms with Crippen LogP contribution in [0.15, 0.2) is 48.5 Å². The Hall–Kier alpha value is -2.24. The number of anilines is 1. The first-order valence-corrected chi connectivity index (χ1v) is 8.70. The Balaban J connectivity index is 1.72. The lowest BCUT2D eigenvalue weighted by Gasteiger charge is -2.37. The number of para-hydroxylation sites is 2. The Bertz CT molecular complexity index is 738. The number of nitrogens with one attached hydrogen (secondary N) is 2. The van der Waals surface area contributed by atoms with E-state index in [4.69, 9.17) is 16.3 Å². The van der Waals surface area contributed by atoms with Crippen molar-refractivity contribution in [1.29, 1.82) is 0 Å². The number of halogens is 1. The number of amides is 1. The molecule has 1 heterocycles. The third kappa shape index (κ3) is 4.06. The molecule has 1 atom stereocenters. The number of hydrogen-bond acceptors (Lipinski definition) is 4. The largest absolute Gasteiger partial charge is 0.495 e. The highest BCUT2D eigenvalue weighted by molar-refractivity contribution is 6.31. The maximum absolute atomic E-state index is 12.8. The van der Waals surface area contributed by atoms with Gasteiger partial charge in [-0.2, -0.15) is 0 Å². The Morgan fingerprint density at radius 3 is 2.84 bits per heavy atom. The normalized spacial score (nSPS) is 17.2. The molecule has 1 aliphatic heterocycles. The lowest BCUT2D eigenvalue weighted by atomic mass is 10.0. The molecule has 5 nitrogen and oxygen atoms in total. The Morgan fingerprint density at radius 2 is 2.04 bits per heavy atom. The van der Waals surface area contributed by atoms with Gasteiger partial charge in [-0.3, -0.25) is 4.79 Å². The number of rotatable bonds is 5. The first kappa shape index (κ1) is 17.6. The maximum atomic E-state index is 12.8. The summed E-state index contributed by atoms with van der Waals surface area (Å²) in [7, 11) is 1.62. The van der Waals surface area contributed by atoms with Crippen LogP contribution in [0, 0.1) is 0 Å². The van der Waals surface area contributed by atoms with Gasteiger partial charge in [-0.1, -0.05) is 41.9 Å². The van der Waals surface area contributed by atoms with Crippen molar-refractivity contribution in [2.75, 3.05) is 38.6 Å². The third-order valence-electron chi connectivity index (χ3n) is 4.36. The number of carbonyl (C=O) groups is 1. The van der Waals surface area contributed by atoms with Gasteiger partial charge in [0.05, 0.1) is 25.4 Å². The minimum Gasteiger partial charge on any atom is -0.495 e. The topological polar surface area (TPSA) is 53.6 Å². The standard InChI is InChI=1S/C19H22ClN3O2/c1-25-18-9-5-4-8-16(18)22-13-19(24)23-11-10-21-12-17(23)14-6-2-3-7-15(14)20/h2-9,17,21-22H,10-13H2,1H3. The zero-order chi connectivity index (χ0) is 17.6. The molecule has 0 saturated carbocycles. The molecule has 2 aromatic rings. The van der Waals surface area contributed by atoms with E-state index in [2.05, 4.69) is 10.6 Å². The summed E-state index contributed by atoms with van der Waals surface area (Å²) in [4.78, 5) is 14.7. The highest BCUT2D eigenvalue weighted by Crippen LogP contribution is 2.29. The minimum absolute atomic E-state index is 0.0392. The molecule has 0 aromatic heterocycles. The van der Waals surface area contributed by atoms with Crippen LogP contribution in [0.2, 0.25) is 5.02 Å². The number of methoxy groups -OCH3 is 1. The van der Waals surface area contributed by atoms with E-state index in [1.54, 1.807) is 7.11 Å². The molecule has 1 saturated heterocycles. The smallest absolute Gasteiger partial charge is 0.242 e. The van der Waals surface area contributed by atoms with E-state index in [1.807, 2.05) is 53.4 Å². The van der Waals surface area contributed by atoms with Crippen molar-refractivity contribution in [2.45, 2.75) is 6.04 Å². The zero-order valence-corrected chi connectivity index (χ0v) is 14.9. The molecule has 132 valence electrons. The van der Waals surface area contributed by atoms with Crippen molar-refractivity contribution in [2.24, 2.45) is 0 Å². The summed E-state index contributed by atoms with van der Waals surface area (Å²) in [5, 5.41) is 7.21. The van der Waals surface area contributed by atoms with Crippen molar-refractivity contribution < 1.29 is 9.53 Å². The van der Waals surface area contributed by atoms with Gasteiger partial charge < -0.3 is 20.3 Å². The van der Waals surface area contributed by atoms with Crippen LogP contribution in [0.4, 0.5) is 5.69 Å². The summed E-state index contributed by atoms with van der Waals surface area (Å²) < 4.78 is 5.31. The van der Waals surface area contributed by atoms with Crippen LogP contribution >= 0.6 is 11.6 Å².